The fraction of sp³-hybridized carbons (Fsp3) is 0.231. The first-order valence-electron chi connectivity index (χ1n) is 11.5. The molecule has 3 heterocycles. The number of amides is 2. The highest BCUT2D eigenvalue weighted by molar-refractivity contribution is 6.00. The number of anilines is 1. The number of fused-ring (bicyclic) bond motifs is 1. The Bertz CT molecular complexity index is 1640. The normalized spacial score (nSPS) is 17.8. The standard InChI is InChI=1S/C26H21F4N5O3/c1-26(29,30)25(38)32-20-11-23(37)34(24(20)18-6-3-15(27)10-19(18)28)16-4-7-21-14(9-16)12-31-35(21)17-5-8-22(36)33(2)13-17/h3-10,12-13,20,24H,11H2,1-2H3,(H,32,38)/t20-,24+/m0/s1. The predicted molar refractivity (Wildman–Crippen MR) is 130 cm³/mol. The van der Waals surface area contributed by atoms with E-state index in [-0.39, 0.29) is 17.5 Å². The molecule has 4 aromatic rings. The lowest BCUT2D eigenvalue weighted by Gasteiger charge is -2.30. The fourth-order valence-electron chi connectivity index (χ4n) is 4.64. The van der Waals surface area contributed by atoms with Crippen molar-refractivity contribution in [3.05, 3.63) is 88.5 Å². The van der Waals surface area contributed by atoms with Crippen molar-refractivity contribution in [2.45, 2.75) is 31.4 Å². The van der Waals surface area contributed by atoms with Crippen LogP contribution in [0.2, 0.25) is 0 Å². The minimum Gasteiger partial charge on any atom is -0.345 e. The minimum atomic E-state index is -3.73. The highest BCUT2D eigenvalue weighted by Crippen LogP contribution is 2.40. The number of aromatic nitrogens is 3. The van der Waals surface area contributed by atoms with Crippen LogP contribution in [-0.2, 0) is 16.6 Å². The van der Waals surface area contributed by atoms with Crippen LogP contribution in [0.1, 0.15) is 24.9 Å². The summed E-state index contributed by atoms with van der Waals surface area (Å²) in [5.74, 6) is -7.72. The van der Waals surface area contributed by atoms with Crippen molar-refractivity contribution in [3.8, 4) is 5.69 Å². The molecule has 2 amide bonds. The van der Waals surface area contributed by atoms with Crippen molar-refractivity contribution in [1.82, 2.24) is 19.7 Å². The summed E-state index contributed by atoms with van der Waals surface area (Å²) in [6.07, 6.45) is 2.77. The lowest BCUT2D eigenvalue weighted by atomic mass is 9.98. The van der Waals surface area contributed by atoms with Gasteiger partial charge < -0.3 is 14.8 Å². The number of hydrogen-bond acceptors (Lipinski definition) is 4. The molecule has 38 heavy (non-hydrogen) atoms. The van der Waals surface area contributed by atoms with Gasteiger partial charge >= 0.3 is 5.92 Å². The number of benzene rings is 2. The van der Waals surface area contributed by atoms with E-state index in [1.165, 1.54) is 21.7 Å². The number of nitrogens with zero attached hydrogens (tertiary/aromatic N) is 4. The Morgan fingerprint density at radius 3 is 2.47 bits per heavy atom. The predicted octanol–water partition coefficient (Wildman–Crippen LogP) is 3.62. The lowest BCUT2D eigenvalue weighted by Crippen LogP contribution is -2.46. The third-order valence-corrected chi connectivity index (χ3v) is 6.46. The molecule has 0 saturated carbocycles. The van der Waals surface area contributed by atoms with Crippen LogP contribution in [-0.4, -0.2) is 38.1 Å². The molecular formula is C26H21F4N5O3. The fourth-order valence-corrected chi connectivity index (χ4v) is 4.64. The van der Waals surface area contributed by atoms with Gasteiger partial charge in [0.05, 0.1) is 29.5 Å². The van der Waals surface area contributed by atoms with Crippen molar-refractivity contribution in [2.75, 3.05) is 4.90 Å². The topological polar surface area (TPSA) is 89.2 Å². The number of halogens is 4. The van der Waals surface area contributed by atoms with Gasteiger partial charge in [0.1, 0.15) is 11.6 Å². The summed E-state index contributed by atoms with van der Waals surface area (Å²) in [5, 5.41) is 7.11. The summed E-state index contributed by atoms with van der Waals surface area (Å²) in [4.78, 5) is 38.2. The molecule has 196 valence electrons. The molecule has 0 bridgehead atoms. The zero-order valence-corrected chi connectivity index (χ0v) is 20.2. The summed E-state index contributed by atoms with van der Waals surface area (Å²) in [6, 6.07) is 8.19. The minimum absolute atomic E-state index is 0.136. The number of carbonyl (C=O) groups excluding carboxylic acids is 2. The number of nitrogens with one attached hydrogen (secondary N) is 1. The number of rotatable bonds is 5. The van der Waals surface area contributed by atoms with E-state index in [2.05, 4.69) is 10.4 Å². The van der Waals surface area contributed by atoms with Gasteiger partial charge in [-0.25, -0.2) is 13.5 Å². The van der Waals surface area contributed by atoms with E-state index >= 15 is 0 Å². The van der Waals surface area contributed by atoms with E-state index < -0.39 is 41.5 Å². The second kappa shape index (κ2) is 9.12. The molecule has 12 heteroatoms. The van der Waals surface area contributed by atoms with Crippen LogP contribution in [0.5, 0.6) is 0 Å². The largest absolute Gasteiger partial charge is 0.345 e. The molecule has 1 aliphatic rings. The molecule has 0 unspecified atom stereocenters. The van der Waals surface area contributed by atoms with Gasteiger partial charge in [0.2, 0.25) is 11.5 Å². The maximum Gasteiger partial charge on any atom is 0.321 e. The maximum absolute atomic E-state index is 14.9. The first-order valence-corrected chi connectivity index (χ1v) is 11.5. The second-order valence-corrected chi connectivity index (χ2v) is 9.18. The lowest BCUT2D eigenvalue weighted by molar-refractivity contribution is -0.143. The maximum atomic E-state index is 14.9. The quantitative estimate of drug-likeness (QED) is 0.402. The molecule has 1 aliphatic heterocycles. The van der Waals surface area contributed by atoms with Crippen molar-refractivity contribution >= 4 is 28.4 Å². The van der Waals surface area contributed by atoms with E-state index in [4.69, 9.17) is 0 Å². The zero-order valence-electron chi connectivity index (χ0n) is 20.2. The Morgan fingerprint density at radius 1 is 1.05 bits per heavy atom. The van der Waals surface area contributed by atoms with Crippen LogP contribution in [0.4, 0.5) is 23.2 Å². The smallest absolute Gasteiger partial charge is 0.321 e. The first-order chi connectivity index (χ1) is 17.9. The van der Waals surface area contributed by atoms with Gasteiger partial charge in [-0.15, -0.1) is 0 Å². The summed E-state index contributed by atoms with van der Waals surface area (Å²) in [5.41, 5.74) is 1.22. The van der Waals surface area contributed by atoms with E-state index in [1.54, 1.807) is 42.2 Å². The van der Waals surface area contributed by atoms with Crippen LogP contribution in [0.3, 0.4) is 0 Å². The highest BCUT2D eigenvalue weighted by atomic mass is 19.3. The van der Waals surface area contributed by atoms with Gasteiger partial charge in [-0.1, -0.05) is 6.07 Å². The van der Waals surface area contributed by atoms with E-state index in [9.17, 15) is 31.9 Å². The summed E-state index contributed by atoms with van der Waals surface area (Å²) >= 11 is 0. The Morgan fingerprint density at radius 2 is 1.79 bits per heavy atom. The van der Waals surface area contributed by atoms with Gasteiger partial charge in [0.25, 0.3) is 5.91 Å². The monoisotopic (exact) mass is 527 g/mol. The van der Waals surface area contributed by atoms with Crippen LogP contribution in [0, 0.1) is 11.6 Å². The molecule has 8 nitrogen and oxygen atoms in total. The molecule has 0 aliphatic carbocycles. The van der Waals surface area contributed by atoms with Gasteiger partial charge in [-0.3, -0.25) is 14.4 Å². The molecule has 2 aromatic heterocycles. The summed E-state index contributed by atoms with van der Waals surface area (Å²) in [6.45, 7) is 0.417. The number of aryl methyl sites for hydroxylation is 1. The second-order valence-electron chi connectivity index (χ2n) is 9.18. The van der Waals surface area contributed by atoms with Crippen molar-refractivity contribution in [3.63, 3.8) is 0 Å². The SMILES string of the molecule is Cn1cc(-n2ncc3cc(N4C(=O)C[C@H](NC(=O)C(C)(F)F)[C@H]4c4ccc(F)cc4F)ccc32)ccc1=O. The van der Waals surface area contributed by atoms with E-state index in [0.717, 1.165) is 12.1 Å². The van der Waals surface area contributed by atoms with Gasteiger partial charge in [-0.05, 0) is 30.3 Å². The third-order valence-electron chi connectivity index (χ3n) is 6.46. The Balaban J connectivity index is 1.58. The van der Waals surface area contributed by atoms with Crippen LogP contribution < -0.4 is 15.8 Å². The molecule has 0 radical (unpaired) electrons. The van der Waals surface area contributed by atoms with Crippen molar-refractivity contribution in [1.29, 1.82) is 0 Å². The zero-order chi connectivity index (χ0) is 27.4. The van der Waals surface area contributed by atoms with E-state index in [1.807, 2.05) is 0 Å². The molecule has 5 rings (SSSR count). The number of pyridine rings is 1. The summed E-state index contributed by atoms with van der Waals surface area (Å²) in [7, 11) is 1.60. The Kier molecular flexibility index (Phi) is 6.04. The molecule has 0 spiro atoms. The van der Waals surface area contributed by atoms with Crippen molar-refractivity contribution in [2.24, 2.45) is 7.05 Å². The third kappa shape index (κ3) is 4.42. The molecular weight excluding hydrogens is 506 g/mol. The molecule has 2 aromatic carbocycles. The Hall–Kier alpha value is -4.48. The van der Waals surface area contributed by atoms with Crippen LogP contribution in [0.15, 0.2) is 65.7 Å². The Labute approximate surface area is 213 Å². The van der Waals surface area contributed by atoms with Gasteiger partial charge in [-0.2, -0.15) is 13.9 Å². The van der Waals surface area contributed by atoms with E-state index in [0.29, 0.717) is 35.3 Å². The molecule has 1 N–H and O–H groups in total. The number of alkyl halides is 2. The van der Waals surface area contributed by atoms with Crippen molar-refractivity contribution < 1.29 is 27.2 Å². The first kappa shape index (κ1) is 25.2. The highest BCUT2D eigenvalue weighted by Gasteiger charge is 2.46. The average molecular weight is 527 g/mol. The average Bonchev–Trinajstić information content (AvgIpc) is 3.40. The van der Waals surface area contributed by atoms with Crippen LogP contribution in [0.25, 0.3) is 16.6 Å². The van der Waals surface area contributed by atoms with Crippen LogP contribution >= 0.6 is 0 Å². The number of carbonyl (C=O) groups is 2. The molecule has 1 saturated heterocycles. The molecule has 1 fully saturated rings. The number of hydrogen-bond donors (Lipinski definition) is 1. The van der Waals surface area contributed by atoms with Gasteiger partial charge in [0.15, 0.2) is 0 Å². The van der Waals surface area contributed by atoms with Gasteiger partial charge in [0, 0.05) is 55.4 Å². The molecule has 2 atom stereocenters. The summed E-state index contributed by atoms with van der Waals surface area (Å²) < 4.78 is 58.8.